The van der Waals surface area contributed by atoms with E-state index >= 15 is 0 Å². The highest BCUT2D eigenvalue weighted by Gasteiger charge is 2.14. The highest BCUT2D eigenvalue weighted by Crippen LogP contribution is 2.27. The van der Waals surface area contributed by atoms with Crippen LogP contribution in [0.5, 0.6) is 5.75 Å². The van der Waals surface area contributed by atoms with Gasteiger partial charge in [0.15, 0.2) is 0 Å². The van der Waals surface area contributed by atoms with Crippen LogP contribution in [-0.4, -0.2) is 12.1 Å². The summed E-state index contributed by atoms with van der Waals surface area (Å²) in [6.07, 6.45) is 3.40. The van der Waals surface area contributed by atoms with Gasteiger partial charge >= 0.3 is 0 Å². The minimum Gasteiger partial charge on any atom is -0.495 e. The molecule has 3 N–H and O–H groups in total. The van der Waals surface area contributed by atoms with E-state index in [9.17, 15) is 0 Å². The summed E-state index contributed by atoms with van der Waals surface area (Å²) < 4.78 is 6.17. The normalized spacial score (nSPS) is 12.2. The van der Waals surface area contributed by atoms with E-state index < -0.39 is 0 Å². The number of aromatic nitrogens is 1. The van der Waals surface area contributed by atoms with Gasteiger partial charge in [0.2, 0.25) is 0 Å². The predicted octanol–water partition coefficient (Wildman–Crippen LogP) is 2.90. The molecule has 1 aromatic heterocycles. The van der Waals surface area contributed by atoms with E-state index in [-0.39, 0.29) is 6.04 Å². The summed E-state index contributed by atoms with van der Waals surface area (Å²) in [5.74, 6) is 6.34. The van der Waals surface area contributed by atoms with Gasteiger partial charge in [-0.3, -0.25) is 10.8 Å². The fourth-order valence-corrected chi connectivity index (χ4v) is 2.31. The number of hydrogen-bond acceptors (Lipinski definition) is 4. The summed E-state index contributed by atoms with van der Waals surface area (Å²) in [4.78, 5) is 4.13. The number of ether oxygens (including phenoxy) is 1. The minimum atomic E-state index is -0.183. The molecular formula is C13H13ClIN3O. The maximum absolute atomic E-state index is 6.14. The van der Waals surface area contributed by atoms with Crippen molar-refractivity contribution in [1.29, 1.82) is 0 Å². The standard InChI is InChI=1S/C13H13ClIN3O/c1-19-10-4-9(6-17-7-10)13(18-16)8-2-3-12(15)11(14)5-8/h2-7,13,18H,16H2,1H3. The van der Waals surface area contributed by atoms with Gasteiger partial charge in [-0.05, 0) is 51.9 Å². The Bertz CT molecular complexity index is 580. The van der Waals surface area contributed by atoms with Crippen LogP contribution in [0.1, 0.15) is 17.2 Å². The molecule has 1 heterocycles. The van der Waals surface area contributed by atoms with Crippen LogP contribution in [0.25, 0.3) is 0 Å². The van der Waals surface area contributed by atoms with Crippen LogP contribution in [0, 0.1) is 3.57 Å². The molecule has 2 rings (SSSR count). The van der Waals surface area contributed by atoms with Gasteiger partial charge in [0.05, 0.1) is 24.4 Å². The van der Waals surface area contributed by atoms with Gasteiger partial charge in [-0.15, -0.1) is 0 Å². The summed E-state index contributed by atoms with van der Waals surface area (Å²) in [7, 11) is 1.60. The Balaban J connectivity index is 2.40. The lowest BCUT2D eigenvalue weighted by molar-refractivity contribution is 0.411. The molecule has 1 aromatic carbocycles. The quantitative estimate of drug-likeness (QED) is 0.480. The highest BCUT2D eigenvalue weighted by molar-refractivity contribution is 14.1. The predicted molar refractivity (Wildman–Crippen MR) is 84.1 cm³/mol. The molecule has 100 valence electrons. The van der Waals surface area contributed by atoms with Crippen molar-refractivity contribution in [1.82, 2.24) is 10.4 Å². The molecule has 1 unspecified atom stereocenters. The fourth-order valence-electron chi connectivity index (χ4n) is 1.78. The molecule has 0 amide bonds. The first kappa shape index (κ1) is 14.5. The Morgan fingerprint density at radius 3 is 2.74 bits per heavy atom. The number of rotatable bonds is 4. The average Bonchev–Trinajstić information content (AvgIpc) is 2.44. The van der Waals surface area contributed by atoms with Crippen LogP contribution in [0.3, 0.4) is 0 Å². The molecule has 0 radical (unpaired) electrons. The number of methoxy groups -OCH3 is 1. The number of hydrazine groups is 1. The van der Waals surface area contributed by atoms with E-state index in [1.54, 1.807) is 19.5 Å². The Labute approximate surface area is 130 Å². The molecule has 0 aliphatic carbocycles. The number of halogens is 2. The van der Waals surface area contributed by atoms with Crippen molar-refractivity contribution in [3.63, 3.8) is 0 Å². The Hall–Kier alpha value is -0.890. The Morgan fingerprint density at radius 1 is 1.32 bits per heavy atom. The molecule has 0 aliphatic rings. The van der Waals surface area contributed by atoms with E-state index in [0.717, 1.165) is 14.7 Å². The second-order valence-corrected chi connectivity index (χ2v) is 5.50. The Morgan fingerprint density at radius 2 is 2.11 bits per heavy atom. The van der Waals surface area contributed by atoms with Crippen molar-refractivity contribution in [2.75, 3.05) is 7.11 Å². The zero-order chi connectivity index (χ0) is 13.8. The van der Waals surface area contributed by atoms with Gasteiger partial charge in [0.1, 0.15) is 5.75 Å². The van der Waals surface area contributed by atoms with Crippen LogP contribution >= 0.6 is 34.2 Å². The van der Waals surface area contributed by atoms with Crippen LogP contribution in [-0.2, 0) is 0 Å². The van der Waals surface area contributed by atoms with E-state index in [2.05, 4.69) is 33.0 Å². The van der Waals surface area contributed by atoms with Gasteiger partial charge in [-0.2, -0.15) is 0 Å². The maximum Gasteiger partial charge on any atom is 0.137 e. The van der Waals surface area contributed by atoms with Crippen LogP contribution in [0.15, 0.2) is 36.7 Å². The van der Waals surface area contributed by atoms with Gasteiger partial charge in [0, 0.05) is 9.77 Å². The van der Waals surface area contributed by atoms with Crippen LogP contribution in [0.2, 0.25) is 5.02 Å². The maximum atomic E-state index is 6.14. The molecule has 0 fully saturated rings. The summed E-state index contributed by atoms with van der Waals surface area (Å²) in [6, 6.07) is 7.54. The monoisotopic (exact) mass is 389 g/mol. The molecule has 4 nitrogen and oxygen atoms in total. The topological polar surface area (TPSA) is 60.2 Å². The first-order valence-corrected chi connectivity index (χ1v) is 7.01. The summed E-state index contributed by atoms with van der Waals surface area (Å²) in [5.41, 5.74) is 4.67. The summed E-state index contributed by atoms with van der Waals surface area (Å²) >= 11 is 8.33. The lowest BCUT2D eigenvalue weighted by Gasteiger charge is -2.17. The molecule has 0 saturated carbocycles. The van der Waals surface area contributed by atoms with Crippen molar-refractivity contribution in [2.45, 2.75) is 6.04 Å². The van der Waals surface area contributed by atoms with Crippen molar-refractivity contribution in [3.8, 4) is 5.75 Å². The number of pyridine rings is 1. The molecule has 0 bridgehead atoms. The van der Waals surface area contributed by atoms with Crippen molar-refractivity contribution >= 4 is 34.2 Å². The molecular weight excluding hydrogens is 377 g/mol. The lowest BCUT2D eigenvalue weighted by Crippen LogP contribution is -2.29. The third-order valence-electron chi connectivity index (χ3n) is 2.75. The van der Waals surface area contributed by atoms with E-state index in [1.165, 1.54) is 0 Å². The van der Waals surface area contributed by atoms with Gasteiger partial charge in [0.25, 0.3) is 0 Å². The minimum absolute atomic E-state index is 0.183. The van der Waals surface area contributed by atoms with E-state index in [4.69, 9.17) is 22.2 Å². The fraction of sp³-hybridized carbons (Fsp3) is 0.154. The Kier molecular flexibility index (Phi) is 4.98. The molecule has 0 saturated heterocycles. The highest BCUT2D eigenvalue weighted by atomic mass is 127. The van der Waals surface area contributed by atoms with Gasteiger partial charge in [-0.1, -0.05) is 17.7 Å². The SMILES string of the molecule is COc1cncc(C(NN)c2ccc(I)c(Cl)c2)c1. The van der Waals surface area contributed by atoms with E-state index in [0.29, 0.717) is 10.8 Å². The molecule has 0 spiro atoms. The summed E-state index contributed by atoms with van der Waals surface area (Å²) in [6.45, 7) is 0. The average molecular weight is 390 g/mol. The third-order valence-corrected chi connectivity index (χ3v) is 4.32. The number of hydrogen-bond donors (Lipinski definition) is 2. The third kappa shape index (κ3) is 3.36. The molecule has 6 heteroatoms. The number of nitrogens with zero attached hydrogens (tertiary/aromatic N) is 1. The number of benzene rings is 1. The summed E-state index contributed by atoms with van der Waals surface area (Å²) in [5, 5.41) is 0.703. The van der Waals surface area contributed by atoms with Gasteiger partial charge < -0.3 is 4.74 Å². The molecule has 0 aliphatic heterocycles. The van der Waals surface area contributed by atoms with E-state index in [1.807, 2.05) is 24.3 Å². The first-order chi connectivity index (χ1) is 9.15. The van der Waals surface area contributed by atoms with Crippen LogP contribution in [0.4, 0.5) is 0 Å². The van der Waals surface area contributed by atoms with Crippen LogP contribution < -0.4 is 16.0 Å². The zero-order valence-electron chi connectivity index (χ0n) is 10.2. The smallest absolute Gasteiger partial charge is 0.137 e. The molecule has 19 heavy (non-hydrogen) atoms. The molecule has 2 aromatic rings. The van der Waals surface area contributed by atoms with Crippen molar-refractivity contribution in [3.05, 3.63) is 56.4 Å². The molecule has 1 atom stereocenters. The van der Waals surface area contributed by atoms with Gasteiger partial charge in [-0.25, -0.2) is 5.43 Å². The van der Waals surface area contributed by atoms with Crippen molar-refractivity contribution in [2.24, 2.45) is 5.84 Å². The first-order valence-electron chi connectivity index (χ1n) is 5.55. The zero-order valence-corrected chi connectivity index (χ0v) is 13.1. The number of nitrogens with one attached hydrogen (secondary N) is 1. The second kappa shape index (κ2) is 6.51. The second-order valence-electron chi connectivity index (χ2n) is 3.93. The number of nitrogens with two attached hydrogens (primary N) is 1. The van der Waals surface area contributed by atoms with Crippen molar-refractivity contribution < 1.29 is 4.74 Å². The largest absolute Gasteiger partial charge is 0.495 e. The lowest BCUT2D eigenvalue weighted by atomic mass is 10.0.